The van der Waals surface area contributed by atoms with Gasteiger partial charge in [-0.25, -0.2) is 9.59 Å². The molecule has 0 saturated heterocycles. The van der Waals surface area contributed by atoms with Crippen molar-refractivity contribution in [1.82, 2.24) is 5.32 Å². The number of nitrogen functional groups attached to an aromatic ring is 1. The fourth-order valence-electron chi connectivity index (χ4n) is 3.12. The smallest absolute Gasteiger partial charge is 0.408 e. The Bertz CT molecular complexity index is 1060. The van der Waals surface area contributed by atoms with Crippen LogP contribution in [0, 0.1) is 0 Å². The van der Waals surface area contributed by atoms with E-state index in [1.54, 1.807) is 25.3 Å². The SMILES string of the molecule is COC(=O)[C@@H](NC(=O)OCc1ccccc1)C(Sc1ccccc1N)c1ccc(OC)cc1. The van der Waals surface area contributed by atoms with Gasteiger partial charge in [0.15, 0.2) is 0 Å². The highest BCUT2D eigenvalue weighted by atomic mass is 32.2. The van der Waals surface area contributed by atoms with E-state index in [1.165, 1.54) is 18.9 Å². The number of ether oxygens (including phenoxy) is 3. The van der Waals surface area contributed by atoms with Crippen molar-refractivity contribution in [1.29, 1.82) is 0 Å². The summed E-state index contributed by atoms with van der Waals surface area (Å²) in [7, 11) is 2.85. The predicted octanol–water partition coefficient (Wildman–Crippen LogP) is 4.58. The first-order chi connectivity index (χ1) is 16.0. The first-order valence-corrected chi connectivity index (χ1v) is 11.1. The molecule has 0 bridgehead atoms. The van der Waals surface area contributed by atoms with E-state index >= 15 is 0 Å². The molecule has 0 spiro atoms. The zero-order chi connectivity index (χ0) is 23.6. The summed E-state index contributed by atoms with van der Waals surface area (Å²) in [5.41, 5.74) is 8.33. The molecule has 172 valence electrons. The second kappa shape index (κ2) is 11.8. The van der Waals surface area contributed by atoms with Crippen molar-refractivity contribution in [3.8, 4) is 5.75 Å². The third kappa shape index (κ3) is 6.66. The number of alkyl carbamates (subject to hydrolysis) is 1. The van der Waals surface area contributed by atoms with E-state index in [2.05, 4.69) is 5.32 Å². The molecule has 1 unspecified atom stereocenters. The van der Waals surface area contributed by atoms with Gasteiger partial charge in [0.2, 0.25) is 0 Å². The summed E-state index contributed by atoms with van der Waals surface area (Å²) >= 11 is 1.35. The zero-order valence-electron chi connectivity index (χ0n) is 18.4. The minimum Gasteiger partial charge on any atom is -0.497 e. The van der Waals surface area contributed by atoms with Crippen LogP contribution in [0.5, 0.6) is 5.75 Å². The Kier molecular flexibility index (Phi) is 8.60. The molecule has 0 aliphatic rings. The largest absolute Gasteiger partial charge is 0.497 e. The Labute approximate surface area is 197 Å². The normalized spacial score (nSPS) is 12.3. The number of esters is 1. The van der Waals surface area contributed by atoms with Crippen LogP contribution in [-0.4, -0.2) is 32.3 Å². The second-order valence-electron chi connectivity index (χ2n) is 7.06. The lowest BCUT2D eigenvalue weighted by molar-refractivity contribution is -0.143. The Morgan fingerprint density at radius 3 is 2.24 bits per heavy atom. The van der Waals surface area contributed by atoms with E-state index in [1.807, 2.05) is 60.7 Å². The summed E-state index contributed by atoms with van der Waals surface area (Å²) in [6.07, 6.45) is -0.727. The highest BCUT2D eigenvalue weighted by molar-refractivity contribution is 7.99. The van der Waals surface area contributed by atoms with Gasteiger partial charge in [0.05, 0.1) is 19.5 Å². The maximum absolute atomic E-state index is 12.8. The number of hydrogen-bond donors (Lipinski definition) is 2. The van der Waals surface area contributed by atoms with Gasteiger partial charge in [0, 0.05) is 10.6 Å². The lowest BCUT2D eigenvalue weighted by Crippen LogP contribution is -2.45. The fraction of sp³-hybridized carbons (Fsp3) is 0.200. The van der Waals surface area contributed by atoms with Gasteiger partial charge in [-0.1, -0.05) is 54.6 Å². The Balaban J connectivity index is 1.87. The number of hydrogen-bond acceptors (Lipinski definition) is 7. The van der Waals surface area contributed by atoms with Crippen molar-refractivity contribution in [2.24, 2.45) is 0 Å². The monoisotopic (exact) mass is 466 g/mol. The van der Waals surface area contributed by atoms with Gasteiger partial charge in [-0.2, -0.15) is 0 Å². The van der Waals surface area contributed by atoms with Gasteiger partial charge in [-0.15, -0.1) is 11.8 Å². The first-order valence-electron chi connectivity index (χ1n) is 10.2. The molecule has 0 saturated carbocycles. The molecule has 3 aromatic rings. The number of rotatable bonds is 9. The average molecular weight is 467 g/mol. The molecule has 0 aliphatic carbocycles. The summed E-state index contributed by atoms with van der Waals surface area (Å²) in [6.45, 7) is 0.0759. The molecule has 0 radical (unpaired) electrons. The molecular formula is C25H26N2O5S. The predicted molar refractivity (Wildman–Crippen MR) is 128 cm³/mol. The van der Waals surface area contributed by atoms with Crippen LogP contribution in [0.25, 0.3) is 0 Å². The Morgan fingerprint density at radius 2 is 1.61 bits per heavy atom. The molecule has 3 rings (SSSR count). The van der Waals surface area contributed by atoms with Crippen molar-refractivity contribution in [2.45, 2.75) is 22.8 Å². The maximum Gasteiger partial charge on any atom is 0.408 e. The molecule has 0 fully saturated rings. The van der Waals surface area contributed by atoms with E-state index in [9.17, 15) is 9.59 Å². The Hall–Kier alpha value is -3.65. The van der Waals surface area contributed by atoms with Crippen LogP contribution < -0.4 is 15.8 Å². The quantitative estimate of drug-likeness (QED) is 0.270. The van der Waals surface area contributed by atoms with Crippen LogP contribution in [-0.2, 0) is 20.9 Å². The van der Waals surface area contributed by atoms with Gasteiger partial charge in [0.1, 0.15) is 18.4 Å². The summed E-state index contributed by atoms with van der Waals surface area (Å²) in [6, 6.07) is 22.8. The molecule has 0 heterocycles. The topological polar surface area (TPSA) is 99.9 Å². The van der Waals surface area contributed by atoms with Crippen LogP contribution >= 0.6 is 11.8 Å². The molecule has 3 N–H and O–H groups in total. The molecular weight excluding hydrogens is 440 g/mol. The zero-order valence-corrected chi connectivity index (χ0v) is 19.2. The number of nitrogens with one attached hydrogen (secondary N) is 1. The molecule has 7 nitrogen and oxygen atoms in total. The van der Waals surface area contributed by atoms with Crippen molar-refractivity contribution in [2.75, 3.05) is 20.0 Å². The third-order valence-electron chi connectivity index (χ3n) is 4.86. The van der Waals surface area contributed by atoms with E-state index in [0.29, 0.717) is 11.4 Å². The maximum atomic E-state index is 12.8. The van der Waals surface area contributed by atoms with Crippen LogP contribution in [0.1, 0.15) is 16.4 Å². The third-order valence-corrected chi connectivity index (χ3v) is 6.29. The molecule has 3 aromatic carbocycles. The molecule has 33 heavy (non-hydrogen) atoms. The van der Waals surface area contributed by atoms with Crippen molar-refractivity contribution < 1.29 is 23.8 Å². The van der Waals surface area contributed by atoms with Crippen molar-refractivity contribution >= 4 is 29.5 Å². The van der Waals surface area contributed by atoms with Gasteiger partial charge in [-0.3, -0.25) is 0 Å². The van der Waals surface area contributed by atoms with E-state index in [0.717, 1.165) is 16.0 Å². The molecule has 1 amide bonds. The van der Waals surface area contributed by atoms with Crippen molar-refractivity contribution in [3.63, 3.8) is 0 Å². The molecule has 8 heteroatoms. The van der Waals surface area contributed by atoms with E-state index in [-0.39, 0.29) is 6.61 Å². The van der Waals surface area contributed by atoms with Crippen LogP contribution in [0.3, 0.4) is 0 Å². The Morgan fingerprint density at radius 1 is 0.939 bits per heavy atom. The first kappa shape index (κ1) is 24.0. The lowest BCUT2D eigenvalue weighted by atomic mass is 10.1. The fourth-order valence-corrected chi connectivity index (χ4v) is 4.37. The number of amides is 1. The summed E-state index contributed by atoms with van der Waals surface area (Å²) in [4.78, 5) is 26.2. The van der Waals surface area contributed by atoms with Gasteiger partial charge < -0.3 is 25.3 Å². The molecule has 2 atom stereocenters. The van der Waals surface area contributed by atoms with Gasteiger partial charge in [-0.05, 0) is 35.4 Å². The number of nitrogens with two attached hydrogens (primary N) is 1. The number of anilines is 1. The summed E-state index contributed by atoms with van der Waals surface area (Å²) < 4.78 is 15.6. The van der Waals surface area contributed by atoms with Gasteiger partial charge in [0.25, 0.3) is 0 Å². The highest BCUT2D eigenvalue weighted by Gasteiger charge is 2.34. The number of benzene rings is 3. The lowest BCUT2D eigenvalue weighted by Gasteiger charge is -2.26. The number of thioether (sulfide) groups is 1. The van der Waals surface area contributed by atoms with Crippen molar-refractivity contribution in [3.05, 3.63) is 90.0 Å². The second-order valence-corrected chi connectivity index (χ2v) is 8.24. The van der Waals surface area contributed by atoms with E-state index in [4.69, 9.17) is 19.9 Å². The number of methoxy groups -OCH3 is 2. The number of carbonyl (C=O) groups excluding carboxylic acids is 2. The average Bonchev–Trinajstić information content (AvgIpc) is 2.86. The number of para-hydroxylation sites is 1. The van der Waals surface area contributed by atoms with Crippen LogP contribution in [0.15, 0.2) is 83.8 Å². The molecule has 0 aromatic heterocycles. The number of carbonyl (C=O) groups is 2. The highest BCUT2D eigenvalue weighted by Crippen LogP contribution is 2.41. The summed E-state index contributed by atoms with van der Waals surface area (Å²) in [5.74, 6) is 0.0704. The summed E-state index contributed by atoms with van der Waals surface area (Å²) in [5, 5.41) is 2.13. The van der Waals surface area contributed by atoms with Gasteiger partial charge >= 0.3 is 12.1 Å². The standard InChI is InChI=1S/C25H26N2O5S/c1-30-19-14-12-18(13-15-19)23(33-21-11-7-6-10-20(21)26)22(24(28)31-2)27-25(29)32-16-17-8-4-3-5-9-17/h3-15,22-23H,16,26H2,1-2H3,(H,27,29)/t22-,23?/m0/s1. The van der Waals surface area contributed by atoms with Crippen LogP contribution in [0.2, 0.25) is 0 Å². The molecule has 0 aliphatic heterocycles. The minimum atomic E-state index is -1.03. The van der Waals surface area contributed by atoms with E-state index < -0.39 is 23.4 Å². The minimum absolute atomic E-state index is 0.0759. The van der Waals surface area contributed by atoms with Crippen LogP contribution in [0.4, 0.5) is 10.5 Å².